The molecule has 0 aliphatic rings. The lowest BCUT2D eigenvalue weighted by molar-refractivity contribution is 0.622. The molecule has 0 spiro atoms. The summed E-state index contributed by atoms with van der Waals surface area (Å²) in [5.74, 6) is -0.311. The molecule has 2 rings (SSSR count). The van der Waals surface area contributed by atoms with E-state index in [0.717, 1.165) is 11.1 Å². The molecule has 1 aromatic carbocycles. The van der Waals surface area contributed by atoms with Crippen LogP contribution in [0.2, 0.25) is 0 Å². The molecular weight excluding hydrogens is 215 g/mol. The Balaban J connectivity index is 2.39. The van der Waals surface area contributed by atoms with Crippen LogP contribution in [0.1, 0.15) is 18.5 Å². The van der Waals surface area contributed by atoms with E-state index in [1.807, 2.05) is 19.2 Å². The van der Waals surface area contributed by atoms with Gasteiger partial charge in [-0.3, -0.25) is 4.98 Å². The minimum absolute atomic E-state index is 0.275. The fourth-order valence-electron chi connectivity index (χ4n) is 1.72. The Kier molecular flexibility index (Phi) is 3.49. The van der Waals surface area contributed by atoms with Gasteiger partial charge in [-0.15, -0.1) is 0 Å². The SMILES string of the molecule is CNC(C)c1cccc(-c2cncc(F)c2)c1. The summed E-state index contributed by atoms with van der Waals surface area (Å²) in [6.45, 7) is 2.09. The van der Waals surface area contributed by atoms with Crippen LogP contribution in [0.25, 0.3) is 11.1 Å². The minimum atomic E-state index is -0.311. The van der Waals surface area contributed by atoms with Gasteiger partial charge < -0.3 is 5.32 Å². The van der Waals surface area contributed by atoms with Crippen LogP contribution < -0.4 is 5.32 Å². The van der Waals surface area contributed by atoms with Crippen molar-refractivity contribution >= 4 is 0 Å². The molecule has 2 aromatic rings. The molecule has 0 aliphatic carbocycles. The maximum Gasteiger partial charge on any atom is 0.142 e. The predicted molar refractivity (Wildman–Crippen MR) is 67.1 cm³/mol. The molecule has 0 fully saturated rings. The molecule has 0 radical (unpaired) electrons. The highest BCUT2D eigenvalue weighted by Gasteiger charge is 2.05. The standard InChI is InChI=1S/C14H15FN2/c1-10(16-2)11-4-3-5-12(6-11)13-7-14(15)9-17-8-13/h3-10,16H,1-2H3. The number of rotatable bonds is 3. The van der Waals surface area contributed by atoms with Crippen molar-refractivity contribution in [3.63, 3.8) is 0 Å². The van der Waals surface area contributed by atoms with Crippen molar-refractivity contribution in [1.29, 1.82) is 0 Å². The second kappa shape index (κ2) is 5.06. The third-order valence-corrected chi connectivity index (χ3v) is 2.86. The van der Waals surface area contributed by atoms with E-state index in [-0.39, 0.29) is 11.9 Å². The lowest BCUT2D eigenvalue weighted by atomic mass is 10.0. The summed E-state index contributed by atoms with van der Waals surface area (Å²) in [6, 6.07) is 9.81. The number of nitrogens with zero attached hydrogens (tertiary/aromatic N) is 1. The maximum absolute atomic E-state index is 13.1. The molecule has 2 nitrogen and oxygen atoms in total. The van der Waals surface area contributed by atoms with E-state index in [9.17, 15) is 4.39 Å². The zero-order valence-corrected chi connectivity index (χ0v) is 9.94. The van der Waals surface area contributed by atoms with E-state index >= 15 is 0 Å². The van der Waals surface area contributed by atoms with Crippen LogP contribution in [0.4, 0.5) is 4.39 Å². The molecule has 88 valence electrons. The van der Waals surface area contributed by atoms with Gasteiger partial charge in [0.15, 0.2) is 0 Å². The highest BCUT2D eigenvalue weighted by Crippen LogP contribution is 2.22. The number of aromatic nitrogens is 1. The molecule has 0 amide bonds. The first-order valence-corrected chi connectivity index (χ1v) is 5.59. The second-order valence-corrected chi connectivity index (χ2v) is 4.03. The van der Waals surface area contributed by atoms with Crippen molar-refractivity contribution in [2.45, 2.75) is 13.0 Å². The highest BCUT2D eigenvalue weighted by molar-refractivity contribution is 5.63. The first-order valence-electron chi connectivity index (χ1n) is 5.59. The molecule has 1 unspecified atom stereocenters. The van der Waals surface area contributed by atoms with Gasteiger partial charge in [0.05, 0.1) is 6.20 Å². The van der Waals surface area contributed by atoms with Crippen LogP contribution in [0.5, 0.6) is 0 Å². The third-order valence-electron chi connectivity index (χ3n) is 2.86. The summed E-state index contributed by atoms with van der Waals surface area (Å²) in [7, 11) is 1.92. The van der Waals surface area contributed by atoms with Crippen LogP contribution in [-0.2, 0) is 0 Å². The Morgan fingerprint density at radius 1 is 1.18 bits per heavy atom. The smallest absolute Gasteiger partial charge is 0.142 e. The van der Waals surface area contributed by atoms with Crippen LogP contribution in [0.15, 0.2) is 42.7 Å². The number of benzene rings is 1. The van der Waals surface area contributed by atoms with E-state index in [0.29, 0.717) is 0 Å². The van der Waals surface area contributed by atoms with Gasteiger partial charge in [-0.25, -0.2) is 4.39 Å². The molecule has 0 aliphatic heterocycles. The van der Waals surface area contributed by atoms with Gasteiger partial charge in [0.1, 0.15) is 5.82 Å². The fraction of sp³-hybridized carbons (Fsp3) is 0.214. The Bertz CT molecular complexity index is 511. The topological polar surface area (TPSA) is 24.9 Å². The van der Waals surface area contributed by atoms with Crippen molar-refractivity contribution in [3.8, 4) is 11.1 Å². The zero-order chi connectivity index (χ0) is 12.3. The van der Waals surface area contributed by atoms with Gasteiger partial charge in [0, 0.05) is 17.8 Å². The summed E-state index contributed by atoms with van der Waals surface area (Å²) in [5.41, 5.74) is 2.96. The van der Waals surface area contributed by atoms with Gasteiger partial charge >= 0.3 is 0 Å². The molecule has 1 aromatic heterocycles. The van der Waals surface area contributed by atoms with Crippen molar-refractivity contribution in [1.82, 2.24) is 10.3 Å². The summed E-state index contributed by atoms with van der Waals surface area (Å²) in [5, 5.41) is 3.18. The van der Waals surface area contributed by atoms with Gasteiger partial charge in [0.25, 0.3) is 0 Å². The molecule has 1 atom stereocenters. The highest BCUT2D eigenvalue weighted by atomic mass is 19.1. The molecule has 3 heteroatoms. The predicted octanol–water partition coefficient (Wildman–Crippen LogP) is 3.17. The maximum atomic E-state index is 13.1. The Labute approximate surface area is 101 Å². The van der Waals surface area contributed by atoms with Crippen molar-refractivity contribution in [3.05, 3.63) is 54.1 Å². The Morgan fingerprint density at radius 2 is 2.00 bits per heavy atom. The summed E-state index contributed by atoms with van der Waals surface area (Å²) in [4.78, 5) is 3.86. The molecule has 0 saturated carbocycles. The van der Waals surface area contributed by atoms with Gasteiger partial charge in [-0.2, -0.15) is 0 Å². The monoisotopic (exact) mass is 230 g/mol. The summed E-state index contributed by atoms with van der Waals surface area (Å²) >= 11 is 0. The van der Waals surface area contributed by atoms with E-state index in [1.165, 1.54) is 17.8 Å². The fourth-order valence-corrected chi connectivity index (χ4v) is 1.72. The van der Waals surface area contributed by atoms with E-state index in [1.54, 1.807) is 6.20 Å². The molecule has 0 bridgehead atoms. The van der Waals surface area contributed by atoms with E-state index in [4.69, 9.17) is 0 Å². The summed E-state index contributed by atoms with van der Waals surface area (Å²) < 4.78 is 13.1. The minimum Gasteiger partial charge on any atom is -0.313 e. The van der Waals surface area contributed by atoms with E-state index < -0.39 is 0 Å². The van der Waals surface area contributed by atoms with Crippen molar-refractivity contribution in [2.24, 2.45) is 0 Å². The van der Waals surface area contributed by atoms with Crippen molar-refractivity contribution < 1.29 is 4.39 Å². The van der Waals surface area contributed by atoms with Gasteiger partial charge in [-0.05, 0) is 37.2 Å². The number of nitrogens with one attached hydrogen (secondary N) is 1. The third kappa shape index (κ3) is 2.68. The lowest BCUT2D eigenvalue weighted by Gasteiger charge is -2.12. The van der Waals surface area contributed by atoms with Crippen LogP contribution in [-0.4, -0.2) is 12.0 Å². The van der Waals surface area contributed by atoms with E-state index in [2.05, 4.69) is 29.4 Å². The molecule has 0 saturated heterocycles. The summed E-state index contributed by atoms with van der Waals surface area (Å²) in [6.07, 6.45) is 2.88. The second-order valence-electron chi connectivity index (χ2n) is 4.03. The Hall–Kier alpha value is -1.74. The average molecular weight is 230 g/mol. The van der Waals surface area contributed by atoms with Crippen LogP contribution in [0.3, 0.4) is 0 Å². The molecule has 1 heterocycles. The van der Waals surface area contributed by atoms with Crippen LogP contribution in [0, 0.1) is 5.82 Å². The largest absolute Gasteiger partial charge is 0.313 e. The molecular formula is C14H15FN2. The normalized spacial score (nSPS) is 12.4. The number of pyridine rings is 1. The number of halogens is 1. The zero-order valence-electron chi connectivity index (χ0n) is 9.94. The Morgan fingerprint density at radius 3 is 2.71 bits per heavy atom. The lowest BCUT2D eigenvalue weighted by Crippen LogP contribution is -2.12. The first-order chi connectivity index (χ1) is 8.20. The number of hydrogen-bond acceptors (Lipinski definition) is 2. The molecule has 1 N–H and O–H groups in total. The molecule has 17 heavy (non-hydrogen) atoms. The van der Waals surface area contributed by atoms with Crippen LogP contribution >= 0.6 is 0 Å². The number of hydrogen-bond donors (Lipinski definition) is 1. The first kappa shape index (κ1) is 11.7. The van der Waals surface area contributed by atoms with Gasteiger partial charge in [-0.1, -0.05) is 18.2 Å². The average Bonchev–Trinajstić information content (AvgIpc) is 2.38. The quantitative estimate of drug-likeness (QED) is 0.876. The van der Waals surface area contributed by atoms with Gasteiger partial charge in [0.2, 0.25) is 0 Å². The van der Waals surface area contributed by atoms with Crippen molar-refractivity contribution in [2.75, 3.05) is 7.05 Å².